The van der Waals surface area contributed by atoms with Gasteiger partial charge in [-0.05, 0) is 64.2 Å². The lowest BCUT2D eigenvalue weighted by Gasteiger charge is -2.34. The second-order valence-corrected chi connectivity index (χ2v) is 9.56. The fraction of sp³-hybridized carbons (Fsp3) is 0.600. The average molecular weight is 469 g/mol. The van der Waals surface area contributed by atoms with Gasteiger partial charge in [-0.2, -0.15) is 4.98 Å². The number of nitrogens with two attached hydrogens (primary N) is 1. The van der Waals surface area contributed by atoms with Crippen molar-refractivity contribution in [3.63, 3.8) is 0 Å². The number of piperidine rings is 1. The molecule has 3 aromatic rings. The molecule has 1 unspecified atom stereocenters. The van der Waals surface area contributed by atoms with Crippen molar-refractivity contribution in [2.45, 2.75) is 58.9 Å². The average Bonchev–Trinajstić information content (AvgIpc) is 3.22. The molecule has 0 bridgehead atoms. The third-order valence-corrected chi connectivity index (χ3v) is 6.30. The Labute approximate surface area is 205 Å². The summed E-state index contributed by atoms with van der Waals surface area (Å²) in [6, 6.07) is 2.24. The quantitative estimate of drug-likeness (QED) is 0.511. The van der Waals surface area contributed by atoms with Crippen molar-refractivity contribution in [3.05, 3.63) is 35.3 Å². The van der Waals surface area contributed by atoms with Crippen LogP contribution in [0.1, 0.15) is 59.0 Å². The number of nitrogens with zero attached hydrogens (tertiary/aromatic N) is 7. The fourth-order valence-corrected chi connectivity index (χ4v) is 4.68. The maximum atomic E-state index is 7.74. The number of hydrogen-bond acceptors (Lipinski definition) is 8. The summed E-state index contributed by atoms with van der Waals surface area (Å²) >= 11 is 0. The number of aryl methyl sites for hydroxylation is 1. The van der Waals surface area contributed by atoms with Gasteiger partial charge in [0, 0.05) is 35.0 Å². The molecule has 0 spiro atoms. The normalized spacial score (nSPS) is 16.8. The van der Waals surface area contributed by atoms with Gasteiger partial charge >= 0.3 is 6.01 Å². The van der Waals surface area contributed by atoms with Crippen LogP contribution >= 0.6 is 0 Å². The molecule has 1 atom stereocenters. The number of hydrogen-bond donors (Lipinski definition) is 1. The van der Waals surface area contributed by atoms with Gasteiger partial charge in [-0.1, -0.05) is 19.4 Å². The van der Waals surface area contributed by atoms with Crippen molar-refractivity contribution in [2.24, 2.45) is 5.92 Å². The van der Waals surface area contributed by atoms with E-state index in [1.165, 1.54) is 12.8 Å². The highest BCUT2D eigenvalue weighted by atomic mass is 16.5. The molecule has 1 aliphatic heterocycles. The number of rotatable bonds is 9. The van der Waals surface area contributed by atoms with Crippen molar-refractivity contribution in [2.75, 3.05) is 44.4 Å². The van der Waals surface area contributed by atoms with Gasteiger partial charge in [0.2, 0.25) is 0 Å². The van der Waals surface area contributed by atoms with Crippen LogP contribution in [0.25, 0.3) is 5.65 Å². The van der Waals surface area contributed by atoms with Crippen LogP contribution < -0.4 is 15.4 Å². The third kappa shape index (κ3) is 5.58. The molecule has 34 heavy (non-hydrogen) atoms. The Morgan fingerprint density at radius 1 is 1.26 bits per heavy atom. The summed E-state index contributed by atoms with van der Waals surface area (Å²) in [5.41, 5.74) is 9.63. The number of aromatic nitrogens is 5. The molecule has 0 aromatic carbocycles. The van der Waals surface area contributed by atoms with Crippen LogP contribution in [0.5, 0.6) is 6.01 Å². The first-order valence-electron chi connectivity index (χ1n) is 13.3. The van der Waals surface area contributed by atoms with Gasteiger partial charge < -0.3 is 20.3 Å². The Hall–Kier alpha value is -2.94. The number of anilines is 2. The molecule has 2 N–H and O–H groups in total. The van der Waals surface area contributed by atoms with E-state index in [0.29, 0.717) is 18.5 Å². The molecule has 9 heteroatoms. The van der Waals surface area contributed by atoms with Crippen molar-refractivity contribution < 1.29 is 7.48 Å². The molecule has 0 aliphatic carbocycles. The SMILES string of the molecule is [2H]C([2H])C(CCC)Oc1nc(N)c2ncc(Cc3cnc(N4CCC(CN(C)C)CC4)c(C)c3)n2n1. The smallest absolute Gasteiger partial charge is 0.336 e. The summed E-state index contributed by atoms with van der Waals surface area (Å²) in [6.45, 7) is 6.18. The summed E-state index contributed by atoms with van der Waals surface area (Å²) in [5, 5.41) is 4.48. The van der Waals surface area contributed by atoms with Crippen LogP contribution in [0.2, 0.25) is 0 Å². The zero-order valence-corrected chi connectivity index (χ0v) is 20.7. The predicted molar refractivity (Wildman–Crippen MR) is 135 cm³/mol. The summed E-state index contributed by atoms with van der Waals surface area (Å²) < 4.78 is 22.9. The van der Waals surface area contributed by atoms with E-state index in [1.54, 1.807) is 10.7 Å². The van der Waals surface area contributed by atoms with Crippen LogP contribution in [0.3, 0.4) is 0 Å². The Morgan fingerprint density at radius 2 is 2.06 bits per heavy atom. The zero-order valence-electron chi connectivity index (χ0n) is 22.7. The molecule has 4 heterocycles. The van der Waals surface area contributed by atoms with Crippen molar-refractivity contribution >= 4 is 17.3 Å². The summed E-state index contributed by atoms with van der Waals surface area (Å²) in [6.07, 6.45) is 7.37. The van der Waals surface area contributed by atoms with Gasteiger partial charge in [0.25, 0.3) is 0 Å². The van der Waals surface area contributed by atoms with Crippen LogP contribution in [0, 0.1) is 12.8 Å². The molecule has 9 nitrogen and oxygen atoms in total. The monoisotopic (exact) mass is 468 g/mol. The number of fused-ring (bicyclic) bond motifs is 1. The highest BCUT2D eigenvalue weighted by Gasteiger charge is 2.22. The molecule has 3 aromatic heterocycles. The van der Waals surface area contributed by atoms with E-state index in [4.69, 9.17) is 18.2 Å². The predicted octanol–water partition coefficient (Wildman–Crippen LogP) is 3.35. The minimum atomic E-state index is -1.14. The molecular weight excluding hydrogens is 428 g/mol. The Morgan fingerprint density at radius 3 is 2.74 bits per heavy atom. The second kappa shape index (κ2) is 10.5. The Bertz CT molecular complexity index is 1160. The molecule has 184 valence electrons. The molecule has 4 rings (SSSR count). The molecule has 1 saturated heterocycles. The number of nitrogen functional groups attached to an aromatic ring is 1. The second-order valence-electron chi connectivity index (χ2n) is 9.56. The standard InChI is InChI=1S/C25H38N8O/c1-6-7-18(3)34-25-29-22(26)24-28-15-21(33(24)30-25)13-20-12-17(2)23(27-14-20)32-10-8-19(9-11-32)16-31(4)5/h12,14-15,18-19H,6-11,13,16H2,1-5H3,(H2,26,29,30)/i3D2. The van der Waals surface area contributed by atoms with Crippen LogP contribution in [-0.2, 0) is 6.42 Å². The van der Waals surface area contributed by atoms with E-state index in [1.807, 2.05) is 13.1 Å². The van der Waals surface area contributed by atoms with Crippen molar-refractivity contribution in [1.82, 2.24) is 29.5 Å². The summed E-state index contributed by atoms with van der Waals surface area (Å²) in [7, 11) is 4.28. The Balaban J connectivity index is 1.49. The van der Waals surface area contributed by atoms with E-state index in [-0.39, 0.29) is 11.8 Å². The van der Waals surface area contributed by atoms with E-state index in [0.717, 1.165) is 54.6 Å². The lowest BCUT2D eigenvalue weighted by atomic mass is 9.96. The highest BCUT2D eigenvalue weighted by molar-refractivity contribution is 5.60. The van der Waals surface area contributed by atoms with Crippen LogP contribution in [0.15, 0.2) is 18.5 Å². The van der Waals surface area contributed by atoms with E-state index < -0.39 is 13.0 Å². The third-order valence-electron chi connectivity index (χ3n) is 6.30. The number of imidazole rings is 1. The molecule has 0 saturated carbocycles. The summed E-state index contributed by atoms with van der Waals surface area (Å²) in [4.78, 5) is 18.1. The van der Waals surface area contributed by atoms with Gasteiger partial charge in [-0.15, -0.1) is 5.10 Å². The van der Waals surface area contributed by atoms with E-state index in [2.05, 4.69) is 52.0 Å². The fourth-order valence-electron chi connectivity index (χ4n) is 4.68. The van der Waals surface area contributed by atoms with Gasteiger partial charge in [0.05, 0.1) is 18.0 Å². The topological polar surface area (TPSA) is 97.7 Å². The van der Waals surface area contributed by atoms with Gasteiger partial charge in [-0.3, -0.25) is 0 Å². The van der Waals surface area contributed by atoms with Gasteiger partial charge in [0.1, 0.15) is 5.82 Å². The lowest BCUT2D eigenvalue weighted by molar-refractivity contribution is 0.189. The minimum absolute atomic E-state index is 0.0597. The molecule has 0 radical (unpaired) electrons. The van der Waals surface area contributed by atoms with Crippen LogP contribution in [0.4, 0.5) is 11.6 Å². The number of ether oxygens (including phenoxy) is 1. The first-order valence-corrected chi connectivity index (χ1v) is 12.1. The molecular formula is C25H38N8O. The summed E-state index contributed by atoms with van der Waals surface area (Å²) in [5.74, 6) is 2.01. The minimum Gasteiger partial charge on any atom is -0.459 e. The maximum absolute atomic E-state index is 7.74. The van der Waals surface area contributed by atoms with Gasteiger partial charge in [-0.25, -0.2) is 14.5 Å². The van der Waals surface area contributed by atoms with Crippen molar-refractivity contribution in [1.29, 1.82) is 0 Å². The van der Waals surface area contributed by atoms with E-state index in [9.17, 15) is 0 Å². The van der Waals surface area contributed by atoms with Gasteiger partial charge in [0.15, 0.2) is 11.5 Å². The van der Waals surface area contributed by atoms with E-state index >= 15 is 0 Å². The zero-order chi connectivity index (χ0) is 25.8. The first kappa shape index (κ1) is 21.6. The molecule has 0 amide bonds. The largest absolute Gasteiger partial charge is 0.459 e. The molecule has 1 aliphatic rings. The van der Waals surface area contributed by atoms with Crippen molar-refractivity contribution in [3.8, 4) is 6.01 Å². The number of pyridine rings is 1. The van der Waals surface area contributed by atoms with Crippen LogP contribution in [-0.4, -0.2) is 69.3 Å². The molecule has 1 fully saturated rings. The first-order chi connectivity index (χ1) is 17.2. The maximum Gasteiger partial charge on any atom is 0.336 e. The lowest BCUT2D eigenvalue weighted by Crippen LogP contribution is -2.37. The highest BCUT2D eigenvalue weighted by Crippen LogP contribution is 2.26. The Kier molecular flexibility index (Phi) is 6.70.